The van der Waals surface area contributed by atoms with Gasteiger partial charge in [-0.1, -0.05) is 0 Å². The number of rotatable bonds is 10. The van der Waals surface area contributed by atoms with E-state index in [0.29, 0.717) is 12.4 Å². The van der Waals surface area contributed by atoms with E-state index < -0.39 is 0 Å². The van der Waals surface area contributed by atoms with Gasteiger partial charge < -0.3 is 31.9 Å². The van der Waals surface area contributed by atoms with Gasteiger partial charge in [0.1, 0.15) is 18.1 Å². The lowest BCUT2D eigenvalue weighted by atomic mass is 10.1. The van der Waals surface area contributed by atoms with Gasteiger partial charge in [-0.2, -0.15) is 11.8 Å². The quantitative estimate of drug-likeness (QED) is 0.285. The first-order valence-electron chi connectivity index (χ1n) is 10.1. The van der Waals surface area contributed by atoms with Crippen LogP contribution >= 0.6 is 11.8 Å². The average molecular weight is 456 g/mol. The van der Waals surface area contributed by atoms with Crippen LogP contribution in [0.2, 0.25) is 0 Å². The number of quaternary nitrogens is 1. The van der Waals surface area contributed by atoms with Crippen LogP contribution in [0.1, 0.15) is 30.8 Å². The second-order valence-corrected chi connectivity index (χ2v) is 8.68. The highest BCUT2D eigenvalue weighted by atomic mass is 35.5. The number of furan rings is 1. The largest absolute Gasteiger partial charge is 1.00 e. The third kappa shape index (κ3) is 7.07. The Kier molecular flexibility index (Phi) is 9.74. The molecule has 3 rings (SSSR count). The number of hydrogen-bond donors (Lipinski definition) is 2. The Morgan fingerprint density at radius 3 is 2.63 bits per heavy atom. The number of pyridine rings is 1. The summed E-state index contributed by atoms with van der Waals surface area (Å²) in [6.07, 6.45) is 3.52. The van der Waals surface area contributed by atoms with Crippen molar-refractivity contribution in [2.75, 3.05) is 49.7 Å². The molecule has 1 fully saturated rings. The third-order valence-corrected chi connectivity index (χ3v) is 5.75. The highest BCUT2D eigenvalue weighted by molar-refractivity contribution is 7.98. The van der Waals surface area contributed by atoms with Gasteiger partial charge in [-0.15, -0.1) is 0 Å². The molecule has 0 bridgehead atoms. The molecular formula is C20H30ClN5O3S. The molecule has 166 valence electrons. The summed E-state index contributed by atoms with van der Waals surface area (Å²) in [4.78, 5) is 19.1. The van der Waals surface area contributed by atoms with Crippen molar-refractivity contribution in [1.82, 2.24) is 4.98 Å². The van der Waals surface area contributed by atoms with Gasteiger partial charge in [-0.3, -0.25) is 10.1 Å². The van der Waals surface area contributed by atoms with Crippen molar-refractivity contribution in [1.29, 1.82) is 0 Å². The Balaban J connectivity index is 0.00000320. The van der Waals surface area contributed by atoms with E-state index in [1.54, 1.807) is 23.9 Å². The van der Waals surface area contributed by atoms with Crippen LogP contribution in [0.5, 0.6) is 0 Å². The van der Waals surface area contributed by atoms with Crippen LogP contribution in [-0.4, -0.2) is 49.4 Å². The molecule has 2 N–H and O–H groups in total. The highest BCUT2D eigenvalue weighted by Crippen LogP contribution is 2.27. The molecule has 0 aliphatic carbocycles. The lowest BCUT2D eigenvalue weighted by Gasteiger charge is -2.27. The van der Waals surface area contributed by atoms with Crippen LogP contribution in [-0.2, 0) is 12.3 Å². The smallest absolute Gasteiger partial charge is 0.311 e. The van der Waals surface area contributed by atoms with Crippen LogP contribution in [0.25, 0.3) is 0 Å². The second kappa shape index (κ2) is 12.0. The lowest BCUT2D eigenvalue weighted by molar-refractivity contribution is -0.873. The number of thioether (sulfide) groups is 1. The van der Waals surface area contributed by atoms with E-state index in [1.807, 2.05) is 12.1 Å². The first-order chi connectivity index (χ1) is 14.0. The fraction of sp³-hybridized carbons (Fsp3) is 0.550. The Morgan fingerprint density at radius 1 is 1.20 bits per heavy atom. The van der Waals surface area contributed by atoms with Gasteiger partial charge in [-0.25, -0.2) is 4.98 Å². The number of anilines is 2. The van der Waals surface area contributed by atoms with Crippen LogP contribution < -0.4 is 27.5 Å². The summed E-state index contributed by atoms with van der Waals surface area (Å²) >= 11 is 1.73. The first kappa shape index (κ1) is 24.3. The minimum Gasteiger partial charge on any atom is -1.00 e. The Hall–Kier alpha value is -1.97. The molecule has 10 heteroatoms. The molecule has 30 heavy (non-hydrogen) atoms. The van der Waals surface area contributed by atoms with Gasteiger partial charge in [0, 0.05) is 31.5 Å². The molecule has 0 aromatic carbocycles. The summed E-state index contributed by atoms with van der Waals surface area (Å²) in [7, 11) is 4.19. The van der Waals surface area contributed by atoms with Crippen molar-refractivity contribution in [2.24, 2.45) is 0 Å². The van der Waals surface area contributed by atoms with E-state index in [4.69, 9.17) is 4.42 Å². The van der Waals surface area contributed by atoms with Gasteiger partial charge in [0.15, 0.2) is 5.76 Å². The third-order valence-electron chi connectivity index (χ3n) is 4.76. The van der Waals surface area contributed by atoms with Crippen molar-refractivity contribution in [3.05, 3.63) is 45.9 Å². The van der Waals surface area contributed by atoms with E-state index in [2.05, 4.69) is 29.3 Å². The average Bonchev–Trinajstić information content (AvgIpc) is 3.14. The molecule has 0 unspecified atom stereocenters. The zero-order valence-corrected chi connectivity index (χ0v) is 19.1. The van der Waals surface area contributed by atoms with Gasteiger partial charge in [0.25, 0.3) is 0 Å². The number of nitrogens with zero attached hydrogens (tertiary/aromatic N) is 3. The summed E-state index contributed by atoms with van der Waals surface area (Å²) in [5.74, 6) is 4.72. The van der Waals surface area contributed by atoms with Crippen LogP contribution in [0.15, 0.2) is 28.7 Å². The van der Waals surface area contributed by atoms with Gasteiger partial charge in [-0.05, 0) is 37.5 Å². The molecule has 1 saturated heterocycles. The van der Waals surface area contributed by atoms with E-state index in [0.717, 1.165) is 61.3 Å². The molecule has 0 amide bonds. The van der Waals surface area contributed by atoms with Gasteiger partial charge >= 0.3 is 5.69 Å². The summed E-state index contributed by atoms with van der Waals surface area (Å²) in [6, 6.07) is 7.37. The SMILES string of the molecule is C[NH+](C)Cc1ccc(CSCCNc2nc(N3CCCCC3)ccc2[N+](=O)[O-])o1.[Cl-]. The molecule has 2 aromatic heterocycles. The van der Waals surface area contributed by atoms with E-state index in [1.165, 1.54) is 11.3 Å². The molecule has 1 aliphatic heterocycles. The fourth-order valence-corrected chi connectivity index (χ4v) is 4.12. The molecule has 0 saturated carbocycles. The van der Waals surface area contributed by atoms with Crippen molar-refractivity contribution in [2.45, 2.75) is 31.6 Å². The zero-order chi connectivity index (χ0) is 20.6. The molecule has 0 atom stereocenters. The van der Waals surface area contributed by atoms with E-state index in [-0.39, 0.29) is 23.0 Å². The standard InChI is InChI=1S/C20H29N5O3S.ClH/c1-23(2)14-16-6-7-17(28-16)15-29-13-10-21-20-18(25(26)27)8-9-19(22-20)24-11-4-3-5-12-24;/h6-9H,3-5,10-15H2,1-2H3,(H,21,22);1H. The van der Waals surface area contributed by atoms with Crippen molar-refractivity contribution < 1.29 is 26.6 Å². The minimum atomic E-state index is -0.375. The topological polar surface area (TPSA) is 88.9 Å². The number of hydrogen-bond acceptors (Lipinski definition) is 7. The number of nitrogens with one attached hydrogen (secondary N) is 2. The minimum absolute atomic E-state index is 0. The fourth-order valence-electron chi connectivity index (χ4n) is 3.38. The maximum atomic E-state index is 11.4. The number of halogens is 1. The summed E-state index contributed by atoms with van der Waals surface area (Å²) in [6.45, 7) is 3.40. The number of piperidine rings is 1. The molecule has 3 heterocycles. The molecule has 8 nitrogen and oxygen atoms in total. The molecule has 0 spiro atoms. The van der Waals surface area contributed by atoms with E-state index >= 15 is 0 Å². The predicted molar refractivity (Wildman–Crippen MR) is 117 cm³/mol. The number of nitro groups is 1. The predicted octanol–water partition coefficient (Wildman–Crippen LogP) is -0.433. The monoisotopic (exact) mass is 455 g/mol. The van der Waals surface area contributed by atoms with Crippen LogP contribution in [0.3, 0.4) is 0 Å². The van der Waals surface area contributed by atoms with Gasteiger partial charge in [0.05, 0.1) is 24.8 Å². The maximum absolute atomic E-state index is 11.4. The normalized spacial score (nSPS) is 13.9. The second-order valence-electron chi connectivity index (χ2n) is 7.57. The lowest BCUT2D eigenvalue weighted by Crippen LogP contribution is -3.04. The van der Waals surface area contributed by atoms with Gasteiger partial charge in [0.2, 0.25) is 5.82 Å². The summed E-state index contributed by atoms with van der Waals surface area (Å²) < 4.78 is 5.82. The molecule has 0 radical (unpaired) electrons. The van der Waals surface area contributed by atoms with Crippen molar-refractivity contribution >= 4 is 29.1 Å². The molecule has 1 aliphatic rings. The Morgan fingerprint density at radius 2 is 1.93 bits per heavy atom. The number of aromatic nitrogens is 1. The van der Waals surface area contributed by atoms with Crippen LogP contribution in [0, 0.1) is 10.1 Å². The van der Waals surface area contributed by atoms with Crippen molar-refractivity contribution in [3.63, 3.8) is 0 Å². The maximum Gasteiger partial charge on any atom is 0.311 e. The first-order valence-corrected chi connectivity index (χ1v) is 11.3. The van der Waals surface area contributed by atoms with Crippen molar-refractivity contribution in [3.8, 4) is 0 Å². The Labute approximate surface area is 188 Å². The van der Waals surface area contributed by atoms with Crippen LogP contribution in [0.4, 0.5) is 17.3 Å². The summed E-state index contributed by atoms with van der Waals surface area (Å²) in [5, 5.41) is 14.5. The highest BCUT2D eigenvalue weighted by Gasteiger charge is 2.19. The molecule has 2 aromatic rings. The molecular weight excluding hydrogens is 426 g/mol. The Bertz CT molecular complexity index is 811. The summed E-state index contributed by atoms with van der Waals surface area (Å²) in [5.41, 5.74) is 0.0256. The zero-order valence-electron chi connectivity index (χ0n) is 17.5. The van der Waals surface area contributed by atoms with E-state index in [9.17, 15) is 10.1 Å².